The Morgan fingerprint density at radius 3 is 2.90 bits per heavy atom. The van der Waals surface area contributed by atoms with Crippen molar-refractivity contribution in [2.24, 2.45) is 0 Å². The Morgan fingerprint density at radius 1 is 1.50 bits per heavy atom. The van der Waals surface area contributed by atoms with E-state index in [2.05, 4.69) is 5.32 Å². The Balaban J connectivity index is 1.70. The number of ether oxygens (including phenoxy) is 1. The summed E-state index contributed by atoms with van der Waals surface area (Å²) in [6.45, 7) is 2.84. The fourth-order valence-corrected chi connectivity index (χ4v) is 3.18. The van der Waals surface area contributed by atoms with Gasteiger partial charge in [-0.1, -0.05) is 23.7 Å². The highest BCUT2D eigenvalue weighted by Gasteiger charge is 2.51. The lowest BCUT2D eigenvalue weighted by Crippen LogP contribution is -2.45. The number of hydrogen-bond donors (Lipinski definition) is 1. The van der Waals surface area contributed by atoms with Gasteiger partial charge in [-0.3, -0.25) is 4.79 Å². The zero-order valence-corrected chi connectivity index (χ0v) is 12.5. The largest absolute Gasteiger partial charge is 0.376 e. The average molecular weight is 294 g/mol. The third-order valence-electron chi connectivity index (χ3n) is 4.44. The lowest BCUT2D eigenvalue weighted by atomic mass is 9.94. The maximum Gasteiger partial charge on any atom is 0.230 e. The minimum Gasteiger partial charge on any atom is -0.376 e. The van der Waals surface area contributed by atoms with Crippen LogP contribution in [0.5, 0.6) is 0 Å². The van der Waals surface area contributed by atoms with Crippen molar-refractivity contribution in [3.05, 3.63) is 34.9 Å². The highest BCUT2D eigenvalue weighted by Crippen LogP contribution is 2.49. The Bertz CT molecular complexity index is 507. The fraction of sp³-hybridized carbons (Fsp3) is 0.562. The Labute approximate surface area is 124 Å². The number of rotatable bonds is 4. The zero-order chi connectivity index (χ0) is 14.2. The molecule has 2 fully saturated rings. The van der Waals surface area contributed by atoms with Gasteiger partial charge in [0.1, 0.15) is 0 Å². The quantitative estimate of drug-likeness (QED) is 0.926. The summed E-state index contributed by atoms with van der Waals surface area (Å²) in [5.74, 6) is 0.114. The first-order valence-electron chi connectivity index (χ1n) is 7.30. The predicted octanol–water partition coefficient (Wildman–Crippen LogP) is 3.06. The van der Waals surface area contributed by atoms with Crippen molar-refractivity contribution < 1.29 is 9.53 Å². The van der Waals surface area contributed by atoms with Crippen LogP contribution >= 0.6 is 11.6 Å². The van der Waals surface area contributed by atoms with Crippen molar-refractivity contribution in [1.29, 1.82) is 0 Å². The summed E-state index contributed by atoms with van der Waals surface area (Å²) < 4.78 is 5.64. The second kappa shape index (κ2) is 5.38. The van der Waals surface area contributed by atoms with Crippen LogP contribution in [0.4, 0.5) is 0 Å². The molecule has 0 radical (unpaired) electrons. The van der Waals surface area contributed by atoms with Gasteiger partial charge in [-0.25, -0.2) is 0 Å². The molecule has 1 N–H and O–H groups in total. The Hall–Kier alpha value is -1.06. The van der Waals surface area contributed by atoms with Gasteiger partial charge in [0, 0.05) is 11.6 Å². The van der Waals surface area contributed by atoms with Gasteiger partial charge >= 0.3 is 0 Å². The first-order valence-corrected chi connectivity index (χ1v) is 7.68. The molecule has 0 unspecified atom stereocenters. The summed E-state index contributed by atoms with van der Waals surface area (Å²) >= 11 is 6.04. The molecule has 108 valence electrons. The van der Waals surface area contributed by atoms with Crippen LogP contribution in [0.3, 0.4) is 0 Å². The van der Waals surface area contributed by atoms with Crippen LogP contribution < -0.4 is 5.32 Å². The van der Waals surface area contributed by atoms with Crippen LogP contribution in [0.1, 0.15) is 38.2 Å². The van der Waals surface area contributed by atoms with E-state index >= 15 is 0 Å². The number of carbonyl (C=O) groups excluding carboxylic acids is 1. The van der Waals surface area contributed by atoms with E-state index in [1.165, 1.54) is 0 Å². The third-order valence-corrected chi connectivity index (χ3v) is 4.68. The minimum atomic E-state index is -0.363. The predicted molar refractivity (Wildman–Crippen MR) is 78.9 cm³/mol. The summed E-state index contributed by atoms with van der Waals surface area (Å²) in [7, 11) is 0. The molecule has 0 bridgehead atoms. The van der Waals surface area contributed by atoms with Crippen molar-refractivity contribution in [1.82, 2.24) is 5.32 Å². The molecular formula is C16H20ClNO2. The van der Waals surface area contributed by atoms with E-state index in [-0.39, 0.29) is 23.5 Å². The number of benzene rings is 1. The molecular weight excluding hydrogens is 274 g/mol. The van der Waals surface area contributed by atoms with Gasteiger partial charge in [-0.05, 0) is 50.3 Å². The summed E-state index contributed by atoms with van der Waals surface area (Å²) in [6.07, 6.45) is 4.08. The first kappa shape index (κ1) is 13.9. The van der Waals surface area contributed by atoms with Crippen molar-refractivity contribution in [3.63, 3.8) is 0 Å². The molecule has 3 rings (SSSR count). The Kier molecular flexibility index (Phi) is 3.74. The molecule has 1 aliphatic carbocycles. The zero-order valence-electron chi connectivity index (χ0n) is 11.7. The molecule has 1 heterocycles. The van der Waals surface area contributed by atoms with E-state index in [0.717, 1.165) is 37.9 Å². The van der Waals surface area contributed by atoms with Crippen LogP contribution in [-0.4, -0.2) is 24.7 Å². The molecule has 2 atom stereocenters. The maximum atomic E-state index is 12.6. The molecule has 1 saturated heterocycles. The standard InChI is InChI=1S/C16H20ClNO2/c1-11(14-6-3-9-20-14)18-15(19)16(7-8-16)12-4-2-5-13(17)10-12/h2,4-5,10-11,14H,3,6-9H2,1H3,(H,18,19)/t11-,14+/m1/s1. The van der Waals surface area contributed by atoms with Crippen LogP contribution in [0.25, 0.3) is 0 Å². The summed E-state index contributed by atoms with van der Waals surface area (Å²) in [6, 6.07) is 7.73. The van der Waals surface area contributed by atoms with E-state index in [1.54, 1.807) is 0 Å². The molecule has 3 nitrogen and oxygen atoms in total. The number of hydrogen-bond acceptors (Lipinski definition) is 2. The molecule has 2 aliphatic rings. The molecule has 1 amide bonds. The van der Waals surface area contributed by atoms with Crippen molar-refractivity contribution in [2.75, 3.05) is 6.61 Å². The number of nitrogens with one attached hydrogen (secondary N) is 1. The normalized spacial score (nSPS) is 25.2. The molecule has 0 aromatic heterocycles. The second-order valence-electron chi connectivity index (χ2n) is 5.91. The molecule has 1 saturated carbocycles. The van der Waals surface area contributed by atoms with Gasteiger partial charge in [0.05, 0.1) is 17.6 Å². The summed E-state index contributed by atoms with van der Waals surface area (Å²) in [5.41, 5.74) is 0.666. The van der Waals surface area contributed by atoms with Crippen LogP contribution in [0, 0.1) is 0 Å². The van der Waals surface area contributed by atoms with E-state index in [9.17, 15) is 4.79 Å². The topological polar surface area (TPSA) is 38.3 Å². The molecule has 1 aromatic rings. The minimum absolute atomic E-state index is 0.0710. The summed E-state index contributed by atoms with van der Waals surface area (Å²) in [5, 5.41) is 3.82. The van der Waals surface area contributed by atoms with E-state index in [4.69, 9.17) is 16.3 Å². The maximum absolute atomic E-state index is 12.6. The van der Waals surface area contributed by atoms with Crippen LogP contribution in [0.15, 0.2) is 24.3 Å². The van der Waals surface area contributed by atoms with Crippen molar-refractivity contribution >= 4 is 17.5 Å². The number of carbonyl (C=O) groups is 1. The van der Waals surface area contributed by atoms with Gasteiger partial charge in [0.2, 0.25) is 5.91 Å². The molecule has 0 spiro atoms. The number of amides is 1. The molecule has 4 heteroatoms. The van der Waals surface area contributed by atoms with Gasteiger partial charge in [0.25, 0.3) is 0 Å². The van der Waals surface area contributed by atoms with Gasteiger partial charge in [-0.15, -0.1) is 0 Å². The van der Waals surface area contributed by atoms with Crippen LogP contribution in [0.2, 0.25) is 5.02 Å². The molecule has 1 aliphatic heterocycles. The lowest BCUT2D eigenvalue weighted by molar-refractivity contribution is -0.125. The van der Waals surface area contributed by atoms with Gasteiger partial charge < -0.3 is 10.1 Å². The number of halogens is 1. The van der Waals surface area contributed by atoms with Crippen molar-refractivity contribution in [2.45, 2.75) is 50.2 Å². The summed E-state index contributed by atoms with van der Waals surface area (Å²) in [4.78, 5) is 12.6. The second-order valence-corrected chi connectivity index (χ2v) is 6.34. The highest BCUT2D eigenvalue weighted by molar-refractivity contribution is 6.30. The van der Waals surface area contributed by atoms with Crippen molar-refractivity contribution in [3.8, 4) is 0 Å². The smallest absolute Gasteiger partial charge is 0.230 e. The van der Waals surface area contributed by atoms with E-state index in [0.29, 0.717) is 5.02 Å². The van der Waals surface area contributed by atoms with Gasteiger partial charge in [-0.2, -0.15) is 0 Å². The first-order chi connectivity index (χ1) is 9.62. The molecule has 20 heavy (non-hydrogen) atoms. The molecule has 1 aromatic carbocycles. The van der Waals surface area contributed by atoms with E-state index < -0.39 is 0 Å². The van der Waals surface area contributed by atoms with Gasteiger partial charge in [0.15, 0.2) is 0 Å². The fourth-order valence-electron chi connectivity index (χ4n) is 2.99. The van der Waals surface area contributed by atoms with Crippen LogP contribution in [-0.2, 0) is 14.9 Å². The highest BCUT2D eigenvalue weighted by atomic mass is 35.5. The average Bonchev–Trinajstić information content (AvgIpc) is 3.06. The SMILES string of the molecule is C[C@@H](NC(=O)C1(c2cccc(Cl)c2)CC1)[C@@H]1CCCO1. The van der Waals surface area contributed by atoms with E-state index in [1.807, 2.05) is 31.2 Å². The monoisotopic (exact) mass is 293 g/mol. The lowest BCUT2D eigenvalue weighted by Gasteiger charge is -2.23. The Morgan fingerprint density at radius 2 is 2.30 bits per heavy atom. The third kappa shape index (κ3) is 2.57.